The van der Waals surface area contributed by atoms with Crippen molar-refractivity contribution in [2.75, 3.05) is 5.32 Å². The second-order valence-electron chi connectivity index (χ2n) is 4.78. The summed E-state index contributed by atoms with van der Waals surface area (Å²) in [4.78, 5) is 20.2. The van der Waals surface area contributed by atoms with Gasteiger partial charge in [-0.15, -0.1) is 12.4 Å². The molecule has 2 unspecified atom stereocenters. The number of hydrogen-bond donors (Lipinski definition) is 2. The van der Waals surface area contributed by atoms with Crippen LogP contribution in [0.3, 0.4) is 0 Å². The molecular weight excluding hydrogens is 290 g/mol. The molecule has 6 nitrogen and oxygen atoms in total. The third-order valence-electron chi connectivity index (χ3n) is 3.34. The molecule has 0 saturated heterocycles. The molecule has 2 heterocycles. The molecule has 0 spiro atoms. The standard InChI is InChI=1S/C14H19N5O.ClH/c1-3-10(2)13(15)14(20)18-11-4-5-12(17-8-11)19-7-6-16-9-19;/h4-10,13H,3,15H2,1-2H3,(H,18,20);1H. The second-order valence-corrected chi connectivity index (χ2v) is 4.78. The molecular formula is C14H20ClN5O. The Balaban J connectivity index is 0.00000220. The summed E-state index contributed by atoms with van der Waals surface area (Å²) >= 11 is 0. The number of nitrogens with zero attached hydrogens (tertiary/aromatic N) is 3. The number of nitrogens with two attached hydrogens (primary N) is 1. The molecule has 0 bridgehead atoms. The molecule has 0 aliphatic heterocycles. The van der Waals surface area contributed by atoms with Crippen molar-refractivity contribution in [2.45, 2.75) is 26.3 Å². The minimum absolute atomic E-state index is 0. The average molecular weight is 310 g/mol. The summed E-state index contributed by atoms with van der Waals surface area (Å²) in [6.07, 6.45) is 7.63. The topological polar surface area (TPSA) is 85.8 Å². The summed E-state index contributed by atoms with van der Waals surface area (Å²) in [5.74, 6) is 0.705. The summed E-state index contributed by atoms with van der Waals surface area (Å²) in [6, 6.07) is 3.10. The first kappa shape index (κ1) is 17.1. The number of imidazole rings is 1. The van der Waals surface area contributed by atoms with Crippen molar-refractivity contribution in [3.63, 3.8) is 0 Å². The van der Waals surface area contributed by atoms with Gasteiger partial charge in [-0.3, -0.25) is 9.36 Å². The first-order chi connectivity index (χ1) is 9.61. The molecule has 114 valence electrons. The van der Waals surface area contributed by atoms with Gasteiger partial charge in [-0.2, -0.15) is 0 Å². The Morgan fingerprint density at radius 2 is 2.24 bits per heavy atom. The minimum Gasteiger partial charge on any atom is -0.323 e. The number of hydrogen-bond acceptors (Lipinski definition) is 4. The summed E-state index contributed by atoms with van der Waals surface area (Å²) < 4.78 is 1.79. The summed E-state index contributed by atoms with van der Waals surface area (Å²) in [5.41, 5.74) is 6.52. The first-order valence-corrected chi connectivity index (χ1v) is 6.62. The van der Waals surface area contributed by atoms with Crippen molar-refractivity contribution in [3.8, 4) is 5.82 Å². The van der Waals surface area contributed by atoms with E-state index < -0.39 is 6.04 Å². The summed E-state index contributed by atoms with van der Waals surface area (Å²) in [6.45, 7) is 3.98. The fraction of sp³-hybridized carbons (Fsp3) is 0.357. The molecule has 7 heteroatoms. The lowest BCUT2D eigenvalue weighted by Gasteiger charge is -2.17. The van der Waals surface area contributed by atoms with E-state index in [0.717, 1.165) is 12.2 Å². The van der Waals surface area contributed by atoms with Crippen LogP contribution in [-0.4, -0.2) is 26.5 Å². The zero-order chi connectivity index (χ0) is 14.5. The summed E-state index contributed by atoms with van der Waals surface area (Å²) in [5, 5.41) is 2.78. The number of aromatic nitrogens is 3. The molecule has 2 rings (SSSR count). The SMILES string of the molecule is CCC(C)C(N)C(=O)Nc1ccc(-n2ccnc2)nc1.Cl. The van der Waals surface area contributed by atoms with Crippen LogP contribution < -0.4 is 11.1 Å². The highest BCUT2D eigenvalue weighted by atomic mass is 35.5. The maximum atomic E-state index is 11.9. The molecule has 0 aromatic carbocycles. The highest BCUT2D eigenvalue weighted by molar-refractivity contribution is 5.94. The van der Waals surface area contributed by atoms with Gasteiger partial charge in [0.05, 0.1) is 17.9 Å². The van der Waals surface area contributed by atoms with E-state index in [1.165, 1.54) is 0 Å². The second kappa shape index (κ2) is 7.75. The first-order valence-electron chi connectivity index (χ1n) is 6.62. The van der Waals surface area contributed by atoms with Crippen LogP contribution in [0.2, 0.25) is 0 Å². The molecule has 3 N–H and O–H groups in total. The number of carbonyl (C=O) groups excluding carboxylic acids is 1. The molecule has 2 atom stereocenters. The molecule has 0 saturated carbocycles. The fourth-order valence-corrected chi connectivity index (χ4v) is 1.75. The van der Waals surface area contributed by atoms with Gasteiger partial charge in [0, 0.05) is 12.4 Å². The van der Waals surface area contributed by atoms with E-state index in [0.29, 0.717) is 5.69 Å². The summed E-state index contributed by atoms with van der Waals surface area (Å²) in [7, 11) is 0. The molecule has 0 fully saturated rings. The highest BCUT2D eigenvalue weighted by Gasteiger charge is 2.19. The van der Waals surface area contributed by atoms with Crippen LogP contribution in [0.25, 0.3) is 5.82 Å². The van der Waals surface area contributed by atoms with Crippen LogP contribution in [-0.2, 0) is 4.79 Å². The van der Waals surface area contributed by atoms with E-state index in [9.17, 15) is 4.79 Å². The van der Waals surface area contributed by atoms with E-state index in [2.05, 4.69) is 15.3 Å². The Morgan fingerprint density at radius 1 is 1.48 bits per heavy atom. The average Bonchev–Trinajstić information content (AvgIpc) is 3.00. The number of carbonyl (C=O) groups is 1. The lowest BCUT2D eigenvalue weighted by atomic mass is 9.99. The monoisotopic (exact) mass is 309 g/mol. The number of anilines is 1. The number of halogens is 1. The van der Waals surface area contributed by atoms with Crippen molar-refractivity contribution in [1.82, 2.24) is 14.5 Å². The molecule has 0 aliphatic carbocycles. The van der Waals surface area contributed by atoms with Crippen molar-refractivity contribution >= 4 is 24.0 Å². The van der Waals surface area contributed by atoms with Crippen molar-refractivity contribution in [3.05, 3.63) is 37.1 Å². The van der Waals surface area contributed by atoms with Gasteiger partial charge >= 0.3 is 0 Å². The fourth-order valence-electron chi connectivity index (χ4n) is 1.75. The minimum atomic E-state index is -0.506. The Kier molecular flexibility index (Phi) is 6.33. The predicted octanol–water partition coefficient (Wildman–Crippen LogP) is 2.00. The Hall–Kier alpha value is -1.92. The number of rotatable bonds is 5. The van der Waals surface area contributed by atoms with Gasteiger partial charge in [-0.1, -0.05) is 20.3 Å². The normalized spacial score (nSPS) is 13.1. The van der Waals surface area contributed by atoms with Crippen molar-refractivity contribution < 1.29 is 4.79 Å². The molecule has 1 amide bonds. The van der Waals surface area contributed by atoms with E-state index in [1.54, 1.807) is 35.6 Å². The Labute approximate surface area is 130 Å². The van der Waals surface area contributed by atoms with E-state index in [-0.39, 0.29) is 24.2 Å². The van der Waals surface area contributed by atoms with Crippen LogP contribution >= 0.6 is 12.4 Å². The lowest BCUT2D eigenvalue weighted by Crippen LogP contribution is -2.40. The maximum Gasteiger partial charge on any atom is 0.241 e. The smallest absolute Gasteiger partial charge is 0.241 e. The predicted molar refractivity (Wildman–Crippen MR) is 84.7 cm³/mol. The quantitative estimate of drug-likeness (QED) is 0.884. The van der Waals surface area contributed by atoms with Gasteiger partial charge in [-0.05, 0) is 18.1 Å². The van der Waals surface area contributed by atoms with Gasteiger partial charge in [0.15, 0.2) is 0 Å². The van der Waals surface area contributed by atoms with E-state index in [1.807, 2.05) is 19.9 Å². The zero-order valence-electron chi connectivity index (χ0n) is 12.1. The van der Waals surface area contributed by atoms with Crippen LogP contribution in [0.15, 0.2) is 37.1 Å². The third kappa shape index (κ3) is 4.27. The van der Waals surface area contributed by atoms with Crippen LogP contribution in [0, 0.1) is 5.92 Å². The van der Waals surface area contributed by atoms with E-state index in [4.69, 9.17) is 5.73 Å². The molecule has 0 aliphatic rings. The van der Waals surface area contributed by atoms with Gasteiger partial charge in [0.25, 0.3) is 0 Å². The molecule has 2 aromatic rings. The van der Waals surface area contributed by atoms with Crippen LogP contribution in [0.4, 0.5) is 5.69 Å². The number of pyridine rings is 1. The van der Waals surface area contributed by atoms with Gasteiger partial charge < -0.3 is 11.1 Å². The highest BCUT2D eigenvalue weighted by Crippen LogP contribution is 2.12. The van der Waals surface area contributed by atoms with Crippen LogP contribution in [0.5, 0.6) is 0 Å². The van der Waals surface area contributed by atoms with E-state index >= 15 is 0 Å². The van der Waals surface area contributed by atoms with Crippen molar-refractivity contribution in [1.29, 1.82) is 0 Å². The maximum absolute atomic E-state index is 11.9. The molecule has 21 heavy (non-hydrogen) atoms. The number of nitrogens with one attached hydrogen (secondary N) is 1. The number of amides is 1. The van der Waals surface area contributed by atoms with Gasteiger partial charge in [0.1, 0.15) is 12.1 Å². The van der Waals surface area contributed by atoms with Crippen molar-refractivity contribution in [2.24, 2.45) is 11.7 Å². The van der Waals surface area contributed by atoms with Gasteiger partial charge in [-0.25, -0.2) is 9.97 Å². The van der Waals surface area contributed by atoms with Crippen LogP contribution in [0.1, 0.15) is 20.3 Å². The van der Waals surface area contributed by atoms with Gasteiger partial charge in [0.2, 0.25) is 5.91 Å². The molecule has 2 aromatic heterocycles. The molecule has 0 radical (unpaired) electrons. The zero-order valence-corrected chi connectivity index (χ0v) is 12.9. The Morgan fingerprint density at radius 3 is 2.76 bits per heavy atom. The third-order valence-corrected chi connectivity index (χ3v) is 3.34. The largest absolute Gasteiger partial charge is 0.323 e. The Bertz CT molecular complexity index is 555. The lowest BCUT2D eigenvalue weighted by molar-refractivity contribution is -0.118.